The van der Waals surface area contributed by atoms with Crippen molar-refractivity contribution in [3.8, 4) is 0 Å². The van der Waals surface area contributed by atoms with Crippen molar-refractivity contribution < 1.29 is 0 Å². The fourth-order valence-electron chi connectivity index (χ4n) is 2.15. The van der Waals surface area contributed by atoms with Crippen LogP contribution in [0.15, 0.2) is 18.6 Å². The summed E-state index contributed by atoms with van der Waals surface area (Å²) in [5.74, 6) is 0.803. The minimum atomic E-state index is 0.803. The van der Waals surface area contributed by atoms with Gasteiger partial charge in [0.1, 0.15) is 6.33 Å². The number of likely N-dealkylation sites (tertiary alicyclic amines) is 1. The van der Waals surface area contributed by atoms with E-state index in [1.807, 2.05) is 19.3 Å². The van der Waals surface area contributed by atoms with Gasteiger partial charge in [0, 0.05) is 19.3 Å². The summed E-state index contributed by atoms with van der Waals surface area (Å²) in [6.07, 6.45) is 4.73. The topological polar surface area (TPSA) is 41.0 Å². The van der Waals surface area contributed by atoms with Gasteiger partial charge in [0.2, 0.25) is 0 Å². The zero-order valence-corrected chi connectivity index (χ0v) is 9.19. The zero-order valence-electron chi connectivity index (χ0n) is 9.19. The molecule has 1 atom stereocenters. The Labute approximate surface area is 90.7 Å². The average molecular weight is 206 g/mol. The summed E-state index contributed by atoms with van der Waals surface area (Å²) in [6.45, 7) is 4.46. The molecule has 1 saturated heterocycles. The zero-order chi connectivity index (χ0) is 10.5. The lowest BCUT2D eigenvalue weighted by atomic mass is 10.1. The number of hydrogen-bond donors (Lipinski definition) is 1. The molecule has 1 N–H and O–H groups in total. The molecule has 1 aromatic rings. The first-order chi connectivity index (χ1) is 7.38. The van der Waals surface area contributed by atoms with Gasteiger partial charge in [-0.1, -0.05) is 0 Å². The standard InChI is InChI=1S/C11H18N4/c1-12-6-10-3-5-15(7-10)8-11-2-4-13-9-14-11/h2,4,9-10,12H,3,5-8H2,1H3. The highest BCUT2D eigenvalue weighted by Crippen LogP contribution is 2.16. The molecule has 0 spiro atoms. The molecule has 2 heterocycles. The first-order valence-corrected chi connectivity index (χ1v) is 5.50. The van der Waals surface area contributed by atoms with Crippen LogP contribution in [0.2, 0.25) is 0 Å². The van der Waals surface area contributed by atoms with Gasteiger partial charge in [-0.05, 0) is 38.5 Å². The number of nitrogens with zero attached hydrogens (tertiary/aromatic N) is 3. The molecule has 0 radical (unpaired) electrons. The fraction of sp³-hybridized carbons (Fsp3) is 0.636. The second-order valence-corrected chi connectivity index (χ2v) is 4.15. The maximum Gasteiger partial charge on any atom is 0.115 e. The van der Waals surface area contributed by atoms with E-state index in [4.69, 9.17) is 0 Å². The van der Waals surface area contributed by atoms with Crippen LogP contribution in [0.1, 0.15) is 12.1 Å². The lowest BCUT2D eigenvalue weighted by Gasteiger charge is -2.15. The van der Waals surface area contributed by atoms with Crippen LogP contribution in [0.3, 0.4) is 0 Å². The quantitative estimate of drug-likeness (QED) is 0.779. The van der Waals surface area contributed by atoms with E-state index in [0.29, 0.717) is 0 Å². The summed E-state index contributed by atoms with van der Waals surface area (Å²) in [5.41, 5.74) is 1.12. The van der Waals surface area contributed by atoms with Gasteiger partial charge in [-0.25, -0.2) is 9.97 Å². The summed E-state index contributed by atoms with van der Waals surface area (Å²) in [7, 11) is 2.02. The molecule has 15 heavy (non-hydrogen) atoms. The molecule has 1 aromatic heterocycles. The summed E-state index contributed by atoms with van der Waals surface area (Å²) < 4.78 is 0. The predicted octanol–water partition coefficient (Wildman–Crippen LogP) is 0.518. The van der Waals surface area contributed by atoms with Crippen LogP contribution >= 0.6 is 0 Å². The van der Waals surface area contributed by atoms with Crippen molar-refractivity contribution in [2.75, 3.05) is 26.7 Å². The first-order valence-electron chi connectivity index (χ1n) is 5.50. The molecular weight excluding hydrogens is 188 g/mol. The number of rotatable bonds is 4. The molecule has 1 aliphatic rings. The summed E-state index contributed by atoms with van der Waals surface area (Å²) >= 11 is 0. The van der Waals surface area contributed by atoms with Crippen LogP contribution in [0.25, 0.3) is 0 Å². The van der Waals surface area contributed by atoms with Crippen LogP contribution in [0.5, 0.6) is 0 Å². The monoisotopic (exact) mass is 206 g/mol. The molecule has 0 amide bonds. The number of aromatic nitrogens is 2. The molecule has 4 heteroatoms. The average Bonchev–Trinajstić information content (AvgIpc) is 2.68. The molecule has 0 aromatic carbocycles. The Balaban J connectivity index is 1.82. The third-order valence-electron chi connectivity index (χ3n) is 2.89. The molecule has 0 aliphatic carbocycles. The van der Waals surface area contributed by atoms with E-state index >= 15 is 0 Å². The highest BCUT2D eigenvalue weighted by molar-refractivity contribution is 4.98. The van der Waals surface area contributed by atoms with Gasteiger partial charge in [-0.2, -0.15) is 0 Å². The van der Waals surface area contributed by atoms with Gasteiger partial charge in [-0.3, -0.25) is 4.90 Å². The first kappa shape index (κ1) is 10.5. The van der Waals surface area contributed by atoms with Gasteiger partial charge < -0.3 is 5.32 Å². The van der Waals surface area contributed by atoms with Crippen molar-refractivity contribution in [3.05, 3.63) is 24.3 Å². The van der Waals surface area contributed by atoms with E-state index in [1.165, 1.54) is 19.5 Å². The minimum absolute atomic E-state index is 0.803. The smallest absolute Gasteiger partial charge is 0.115 e. The molecule has 1 aliphatic heterocycles. The van der Waals surface area contributed by atoms with Gasteiger partial charge in [0.15, 0.2) is 0 Å². The predicted molar refractivity (Wildman–Crippen MR) is 59.3 cm³/mol. The highest BCUT2D eigenvalue weighted by atomic mass is 15.2. The lowest BCUT2D eigenvalue weighted by molar-refractivity contribution is 0.311. The maximum atomic E-state index is 4.24. The molecule has 1 fully saturated rings. The summed E-state index contributed by atoms with van der Waals surface area (Å²) in [4.78, 5) is 10.6. The van der Waals surface area contributed by atoms with E-state index < -0.39 is 0 Å². The van der Waals surface area contributed by atoms with Crippen LogP contribution < -0.4 is 5.32 Å². The Kier molecular flexibility index (Phi) is 3.64. The normalized spacial score (nSPS) is 22.1. The van der Waals surface area contributed by atoms with E-state index in [0.717, 1.165) is 24.7 Å². The Morgan fingerprint density at radius 3 is 3.27 bits per heavy atom. The Morgan fingerprint density at radius 1 is 1.60 bits per heavy atom. The Hall–Kier alpha value is -1.00. The van der Waals surface area contributed by atoms with Crippen LogP contribution in [0, 0.1) is 5.92 Å². The SMILES string of the molecule is CNCC1CCN(Cc2ccncn2)C1. The third-order valence-corrected chi connectivity index (χ3v) is 2.89. The fourth-order valence-corrected chi connectivity index (χ4v) is 2.15. The molecule has 0 saturated carbocycles. The van der Waals surface area contributed by atoms with Crippen LogP contribution in [-0.4, -0.2) is 41.5 Å². The maximum absolute atomic E-state index is 4.24. The van der Waals surface area contributed by atoms with Crippen LogP contribution in [-0.2, 0) is 6.54 Å². The molecule has 82 valence electrons. The summed E-state index contributed by atoms with van der Waals surface area (Å²) in [5, 5.41) is 3.24. The minimum Gasteiger partial charge on any atom is -0.319 e. The second kappa shape index (κ2) is 5.19. The Morgan fingerprint density at radius 2 is 2.53 bits per heavy atom. The van der Waals surface area contributed by atoms with Crippen molar-refractivity contribution in [1.82, 2.24) is 20.2 Å². The van der Waals surface area contributed by atoms with E-state index in [9.17, 15) is 0 Å². The van der Waals surface area contributed by atoms with E-state index in [2.05, 4.69) is 20.2 Å². The Bertz CT molecular complexity index is 288. The van der Waals surface area contributed by atoms with Gasteiger partial charge in [0.25, 0.3) is 0 Å². The van der Waals surface area contributed by atoms with Gasteiger partial charge >= 0.3 is 0 Å². The molecule has 1 unspecified atom stereocenters. The van der Waals surface area contributed by atoms with Crippen molar-refractivity contribution in [3.63, 3.8) is 0 Å². The second-order valence-electron chi connectivity index (χ2n) is 4.15. The van der Waals surface area contributed by atoms with Crippen molar-refractivity contribution in [2.45, 2.75) is 13.0 Å². The number of hydrogen-bond acceptors (Lipinski definition) is 4. The molecule has 2 rings (SSSR count). The van der Waals surface area contributed by atoms with Crippen molar-refractivity contribution >= 4 is 0 Å². The third kappa shape index (κ3) is 2.97. The largest absolute Gasteiger partial charge is 0.319 e. The van der Waals surface area contributed by atoms with Gasteiger partial charge in [0.05, 0.1) is 5.69 Å². The molecule has 0 bridgehead atoms. The van der Waals surface area contributed by atoms with Gasteiger partial charge in [-0.15, -0.1) is 0 Å². The molecular formula is C11H18N4. The summed E-state index contributed by atoms with van der Waals surface area (Å²) in [6, 6.07) is 1.99. The lowest BCUT2D eigenvalue weighted by Crippen LogP contribution is -2.24. The highest BCUT2D eigenvalue weighted by Gasteiger charge is 2.21. The van der Waals surface area contributed by atoms with Crippen molar-refractivity contribution in [2.24, 2.45) is 5.92 Å². The van der Waals surface area contributed by atoms with Crippen LogP contribution in [0.4, 0.5) is 0 Å². The molecule has 4 nitrogen and oxygen atoms in total. The van der Waals surface area contributed by atoms with E-state index in [1.54, 1.807) is 6.33 Å². The van der Waals surface area contributed by atoms with E-state index in [-0.39, 0.29) is 0 Å². The number of nitrogens with one attached hydrogen (secondary N) is 1. The van der Waals surface area contributed by atoms with Crippen molar-refractivity contribution in [1.29, 1.82) is 0 Å².